The van der Waals surface area contributed by atoms with E-state index < -0.39 is 9.84 Å². The smallest absolute Gasteiger partial charge is 0.224 e. The molecular weight excluding hydrogens is 292 g/mol. The van der Waals surface area contributed by atoms with E-state index in [2.05, 4.69) is 5.32 Å². The summed E-state index contributed by atoms with van der Waals surface area (Å²) in [5, 5.41) is 3.13. The monoisotopic (exact) mass is 318 g/mol. The molecule has 1 unspecified atom stereocenters. The normalized spacial score (nSPS) is 30.9. The van der Waals surface area contributed by atoms with Gasteiger partial charge in [-0.2, -0.15) is 0 Å². The second kappa shape index (κ2) is 5.52. The zero-order chi connectivity index (χ0) is 15.9. The number of hydrogen-bond donors (Lipinski definition) is 1. The SMILES string of the molecule is CC1(C)CN(C(=O)CC2CS(=O)(=O)CCN2)CC(C)(C)O1. The number of carbonyl (C=O) groups is 1. The minimum Gasteiger partial charge on any atom is -0.366 e. The lowest BCUT2D eigenvalue weighted by atomic mass is 9.98. The molecule has 2 heterocycles. The third kappa shape index (κ3) is 4.66. The fraction of sp³-hybridized carbons (Fsp3) is 0.929. The summed E-state index contributed by atoms with van der Waals surface area (Å²) in [5.74, 6) is 0.208. The van der Waals surface area contributed by atoms with Crippen molar-refractivity contribution in [1.82, 2.24) is 10.2 Å². The molecule has 0 spiro atoms. The van der Waals surface area contributed by atoms with Crippen LogP contribution in [0.5, 0.6) is 0 Å². The Hall–Kier alpha value is -0.660. The van der Waals surface area contributed by atoms with Crippen molar-refractivity contribution in [2.24, 2.45) is 0 Å². The highest BCUT2D eigenvalue weighted by Gasteiger charge is 2.40. The van der Waals surface area contributed by atoms with Crippen molar-refractivity contribution in [2.45, 2.75) is 51.4 Å². The Morgan fingerprint density at radius 2 is 1.81 bits per heavy atom. The zero-order valence-corrected chi connectivity index (χ0v) is 14.1. The average molecular weight is 318 g/mol. The highest BCUT2D eigenvalue weighted by Crippen LogP contribution is 2.28. The summed E-state index contributed by atoms with van der Waals surface area (Å²) in [6.45, 7) is 9.38. The first-order valence-corrected chi connectivity index (χ1v) is 9.22. The minimum atomic E-state index is -3.01. The molecule has 0 radical (unpaired) electrons. The second-order valence-corrected chi connectivity index (χ2v) is 9.57. The quantitative estimate of drug-likeness (QED) is 0.786. The van der Waals surface area contributed by atoms with Gasteiger partial charge in [0, 0.05) is 32.1 Å². The van der Waals surface area contributed by atoms with Crippen LogP contribution in [0.15, 0.2) is 0 Å². The number of morpholine rings is 1. The Bertz CT molecular complexity index is 497. The Morgan fingerprint density at radius 3 is 2.33 bits per heavy atom. The van der Waals surface area contributed by atoms with Crippen molar-refractivity contribution in [3.8, 4) is 0 Å². The molecule has 122 valence electrons. The number of rotatable bonds is 2. The van der Waals surface area contributed by atoms with Gasteiger partial charge in [0.1, 0.15) is 0 Å². The lowest BCUT2D eigenvalue weighted by molar-refractivity contribution is -0.188. The summed E-state index contributed by atoms with van der Waals surface area (Å²) in [4.78, 5) is 14.3. The molecule has 0 saturated carbocycles. The molecule has 2 aliphatic heterocycles. The van der Waals surface area contributed by atoms with E-state index in [0.29, 0.717) is 19.6 Å². The first kappa shape index (κ1) is 16.7. The maximum absolute atomic E-state index is 12.5. The fourth-order valence-electron chi connectivity index (χ4n) is 3.30. The number of carbonyl (C=O) groups excluding carboxylic acids is 1. The van der Waals surface area contributed by atoms with Crippen LogP contribution in [0, 0.1) is 0 Å². The van der Waals surface area contributed by atoms with Crippen LogP contribution in [0.4, 0.5) is 0 Å². The maximum Gasteiger partial charge on any atom is 0.224 e. The summed E-state index contributed by atoms with van der Waals surface area (Å²) < 4.78 is 29.2. The van der Waals surface area contributed by atoms with Gasteiger partial charge in [-0.05, 0) is 27.7 Å². The van der Waals surface area contributed by atoms with Crippen LogP contribution in [0.3, 0.4) is 0 Å². The van der Waals surface area contributed by atoms with E-state index in [-0.39, 0.29) is 41.1 Å². The molecule has 2 fully saturated rings. The first-order chi connectivity index (χ1) is 9.48. The Balaban J connectivity index is 2.00. The number of ether oxygens (including phenoxy) is 1. The van der Waals surface area contributed by atoms with Gasteiger partial charge in [-0.15, -0.1) is 0 Å². The topological polar surface area (TPSA) is 75.7 Å². The van der Waals surface area contributed by atoms with Crippen LogP contribution in [-0.4, -0.2) is 67.6 Å². The van der Waals surface area contributed by atoms with E-state index in [0.717, 1.165) is 0 Å². The van der Waals surface area contributed by atoms with Gasteiger partial charge in [-0.25, -0.2) is 8.42 Å². The van der Waals surface area contributed by atoms with Gasteiger partial charge in [0.15, 0.2) is 9.84 Å². The van der Waals surface area contributed by atoms with Crippen molar-refractivity contribution in [3.63, 3.8) is 0 Å². The number of nitrogens with zero attached hydrogens (tertiary/aromatic N) is 1. The van der Waals surface area contributed by atoms with E-state index in [9.17, 15) is 13.2 Å². The Morgan fingerprint density at radius 1 is 1.24 bits per heavy atom. The van der Waals surface area contributed by atoms with Gasteiger partial charge < -0.3 is 15.0 Å². The van der Waals surface area contributed by atoms with Crippen molar-refractivity contribution in [2.75, 3.05) is 31.1 Å². The molecule has 7 heteroatoms. The third-order valence-electron chi connectivity index (χ3n) is 3.77. The molecule has 0 aliphatic carbocycles. The molecule has 2 aliphatic rings. The van der Waals surface area contributed by atoms with Crippen molar-refractivity contribution in [3.05, 3.63) is 0 Å². The second-order valence-electron chi connectivity index (χ2n) is 7.34. The summed E-state index contributed by atoms with van der Waals surface area (Å²) in [6, 6.07) is -0.273. The largest absolute Gasteiger partial charge is 0.366 e. The summed E-state index contributed by atoms with van der Waals surface area (Å²) in [5.41, 5.74) is -0.771. The predicted octanol–water partition coefficient (Wildman–Crippen LogP) is 0.179. The van der Waals surface area contributed by atoms with Crippen LogP contribution in [0.25, 0.3) is 0 Å². The van der Waals surface area contributed by atoms with E-state index in [4.69, 9.17) is 4.74 Å². The third-order valence-corrected chi connectivity index (χ3v) is 5.51. The number of nitrogens with one attached hydrogen (secondary N) is 1. The molecular formula is C14H26N2O4S. The van der Waals surface area contributed by atoms with E-state index in [1.165, 1.54) is 0 Å². The number of sulfone groups is 1. The highest BCUT2D eigenvalue weighted by atomic mass is 32.2. The molecule has 2 saturated heterocycles. The summed E-state index contributed by atoms with van der Waals surface area (Å²) in [6.07, 6.45) is 0.228. The fourth-order valence-corrected chi connectivity index (χ4v) is 4.75. The molecule has 1 N–H and O–H groups in total. The lowest BCUT2D eigenvalue weighted by Gasteiger charge is -2.47. The zero-order valence-electron chi connectivity index (χ0n) is 13.3. The molecule has 2 rings (SSSR count). The van der Waals surface area contributed by atoms with Crippen LogP contribution < -0.4 is 5.32 Å². The van der Waals surface area contributed by atoms with Crippen LogP contribution in [-0.2, 0) is 19.4 Å². The van der Waals surface area contributed by atoms with E-state index in [1.54, 1.807) is 4.90 Å². The standard InChI is InChI=1S/C14H26N2O4S/c1-13(2)9-16(10-14(3,4)20-13)12(17)7-11-8-21(18,19)6-5-15-11/h11,15H,5-10H2,1-4H3. The van der Waals surface area contributed by atoms with E-state index >= 15 is 0 Å². The molecule has 1 atom stereocenters. The van der Waals surface area contributed by atoms with Crippen molar-refractivity contribution in [1.29, 1.82) is 0 Å². The van der Waals surface area contributed by atoms with Gasteiger partial charge >= 0.3 is 0 Å². The molecule has 0 aromatic heterocycles. The molecule has 0 bridgehead atoms. The number of amides is 1. The predicted molar refractivity (Wildman–Crippen MR) is 80.9 cm³/mol. The van der Waals surface area contributed by atoms with Gasteiger partial charge in [0.05, 0.1) is 22.7 Å². The van der Waals surface area contributed by atoms with Crippen LogP contribution in [0.2, 0.25) is 0 Å². The van der Waals surface area contributed by atoms with Gasteiger partial charge in [-0.1, -0.05) is 0 Å². The molecule has 6 nitrogen and oxygen atoms in total. The highest BCUT2D eigenvalue weighted by molar-refractivity contribution is 7.91. The molecule has 0 aromatic carbocycles. The van der Waals surface area contributed by atoms with E-state index in [1.807, 2.05) is 27.7 Å². The summed E-state index contributed by atoms with van der Waals surface area (Å²) in [7, 11) is -3.01. The van der Waals surface area contributed by atoms with Crippen molar-refractivity contribution < 1.29 is 17.9 Å². The van der Waals surface area contributed by atoms with Crippen LogP contribution >= 0.6 is 0 Å². The molecule has 1 amide bonds. The van der Waals surface area contributed by atoms with Crippen LogP contribution in [0.1, 0.15) is 34.1 Å². The Labute approximate surface area is 127 Å². The number of hydrogen-bond acceptors (Lipinski definition) is 5. The lowest BCUT2D eigenvalue weighted by Crippen LogP contribution is -2.59. The molecule has 21 heavy (non-hydrogen) atoms. The van der Waals surface area contributed by atoms with Gasteiger partial charge in [-0.3, -0.25) is 4.79 Å². The van der Waals surface area contributed by atoms with Crippen molar-refractivity contribution >= 4 is 15.7 Å². The Kier molecular flexibility index (Phi) is 4.39. The van der Waals surface area contributed by atoms with Gasteiger partial charge in [0.2, 0.25) is 5.91 Å². The maximum atomic E-state index is 12.5. The average Bonchev–Trinajstić information content (AvgIpc) is 2.22. The first-order valence-electron chi connectivity index (χ1n) is 7.40. The van der Waals surface area contributed by atoms with Gasteiger partial charge in [0.25, 0.3) is 0 Å². The minimum absolute atomic E-state index is 0.00551. The molecule has 0 aromatic rings. The summed E-state index contributed by atoms with van der Waals surface area (Å²) >= 11 is 0.